The van der Waals surface area contributed by atoms with Crippen molar-refractivity contribution in [2.24, 2.45) is 5.10 Å². The quantitative estimate of drug-likeness (QED) is 0.550. The minimum atomic E-state index is -0.163. The topological polar surface area (TPSA) is 50.5 Å². The van der Waals surface area contributed by atoms with E-state index in [0.29, 0.717) is 10.9 Å². The Morgan fingerprint density at radius 1 is 1.38 bits per heavy atom. The number of para-hydroxylation sites is 1. The zero-order valence-electron chi connectivity index (χ0n) is 9.16. The molecule has 2 aromatic rings. The van der Waals surface area contributed by atoms with Gasteiger partial charge in [-0.25, -0.2) is 4.98 Å². The molecular formula is C11H12N4O. The van der Waals surface area contributed by atoms with E-state index in [1.165, 1.54) is 11.0 Å². The van der Waals surface area contributed by atoms with Gasteiger partial charge in [-0.2, -0.15) is 9.78 Å². The lowest BCUT2D eigenvalue weighted by Crippen LogP contribution is -2.19. The highest BCUT2D eigenvalue weighted by molar-refractivity contribution is 5.76. The molecule has 0 N–H and O–H groups in total. The summed E-state index contributed by atoms with van der Waals surface area (Å²) in [5.41, 5.74) is 0.521. The van der Waals surface area contributed by atoms with Crippen LogP contribution in [-0.4, -0.2) is 35.0 Å². The van der Waals surface area contributed by atoms with E-state index in [4.69, 9.17) is 0 Å². The lowest BCUT2D eigenvalue weighted by atomic mass is 10.2. The Kier molecular flexibility index (Phi) is 2.68. The molecule has 2 rings (SSSR count). The molecule has 16 heavy (non-hydrogen) atoms. The lowest BCUT2D eigenvalue weighted by molar-refractivity contribution is 0.629. The lowest BCUT2D eigenvalue weighted by Gasteiger charge is -2.03. The van der Waals surface area contributed by atoms with E-state index in [-0.39, 0.29) is 5.56 Å². The second-order valence-corrected chi connectivity index (χ2v) is 3.61. The third kappa shape index (κ3) is 1.93. The largest absolute Gasteiger partial charge is 0.367 e. The van der Waals surface area contributed by atoms with Gasteiger partial charge in [0, 0.05) is 14.1 Å². The number of hydrogen-bond acceptors (Lipinski definition) is 3. The first kappa shape index (κ1) is 10.4. The van der Waals surface area contributed by atoms with Gasteiger partial charge in [-0.3, -0.25) is 4.79 Å². The van der Waals surface area contributed by atoms with Gasteiger partial charge in [0.2, 0.25) is 0 Å². The average Bonchev–Trinajstić information content (AvgIpc) is 2.28. The molecule has 1 heterocycles. The van der Waals surface area contributed by atoms with Crippen LogP contribution in [0, 0.1) is 0 Å². The molecule has 0 aliphatic rings. The standard InChI is InChI=1S/C11H12N4O/c1-14(2)8-13-15-7-12-10-6-4-3-5-9(10)11(15)16/h3-8H,1-2H3/b13-8-. The average molecular weight is 216 g/mol. The van der Waals surface area contributed by atoms with Gasteiger partial charge in [0.05, 0.1) is 10.9 Å². The Labute approximate surface area is 92.6 Å². The Balaban J connectivity index is 2.57. The van der Waals surface area contributed by atoms with Crippen molar-refractivity contribution in [1.82, 2.24) is 14.6 Å². The van der Waals surface area contributed by atoms with Crippen LogP contribution in [0.25, 0.3) is 10.9 Å². The van der Waals surface area contributed by atoms with E-state index in [2.05, 4.69) is 10.1 Å². The molecule has 1 aromatic carbocycles. The minimum Gasteiger partial charge on any atom is -0.367 e. The van der Waals surface area contributed by atoms with Crippen molar-refractivity contribution in [3.63, 3.8) is 0 Å². The van der Waals surface area contributed by atoms with Crippen LogP contribution in [0.2, 0.25) is 0 Å². The third-order valence-corrected chi connectivity index (χ3v) is 2.06. The summed E-state index contributed by atoms with van der Waals surface area (Å²) in [6, 6.07) is 7.21. The van der Waals surface area contributed by atoms with Crippen LogP contribution in [0.3, 0.4) is 0 Å². The number of benzene rings is 1. The maximum atomic E-state index is 11.9. The molecule has 5 heteroatoms. The van der Waals surface area contributed by atoms with E-state index >= 15 is 0 Å². The Hall–Kier alpha value is -2.17. The van der Waals surface area contributed by atoms with Gasteiger partial charge in [-0.1, -0.05) is 12.1 Å². The van der Waals surface area contributed by atoms with Crippen LogP contribution >= 0.6 is 0 Å². The van der Waals surface area contributed by atoms with Crippen molar-refractivity contribution in [3.05, 3.63) is 40.9 Å². The first-order valence-corrected chi connectivity index (χ1v) is 4.86. The predicted octanol–water partition coefficient (Wildman–Crippen LogP) is 0.749. The predicted molar refractivity (Wildman–Crippen MR) is 63.6 cm³/mol. The highest BCUT2D eigenvalue weighted by atomic mass is 16.1. The fourth-order valence-corrected chi connectivity index (χ4v) is 1.30. The molecule has 0 unspecified atom stereocenters. The SMILES string of the molecule is CN(C)/C=N\n1cnc2ccccc2c1=O. The van der Waals surface area contributed by atoms with Crippen molar-refractivity contribution in [2.75, 3.05) is 14.1 Å². The molecule has 0 saturated heterocycles. The molecular weight excluding hydrogens is 204 g/mol. The zero-order valence-corrected chi connectivity index (χ0v) is 9.16. The number of fused-ring (bicyclic) bond motifs is 1. The van der Waals surface area contributed by atoms with Gasteiger partial charge in [0.15, 0.2) is 0 Å². The molecule has 0 saturated carbocycles. The van der Waals surface area contributed by atoms with Gasteiger partial charge in [-0.15, -0.1) is 0 Å². The van der Waals surface area contributed by atoms with Gasteiger partial charge in [0.1, 0.15) is 12.7 Å². The highest BCUT2D eigenvalue weighted by Crippen LogP contribution is 2.04. The summed E-state index contributed by atoms with van der Waals surface area (Å²) in [4.78, 5) is 17.8. The Morgan fingerprint density at radius 2 is 2.12 bits per heavy atom. The van der Waals surface area contributed by atoms with Crippen LogP contribution in [0.15, 0.2) is 40.5 Å². The maximum Gasteiger partial charge on any atom is 0.281 e. The van der Waals surface area contributed by atoms with Crippen LogP contribution in [0.1, 0.15) is 0 Å². The molecule has 0 radical (unpaired) electrons. The second-order valence-electron chi connectivity index (χ2n) is 3.61. The second kappa shape index (κ2) is 4.14. The molecule has 5 nitrogen and oxygen atoms in total. The van der Waals surface area contributed by atoms with Gasteiger partial charge < -0.3 is 4.90 Å². The Morgan fingerprint density at radius 3 is 2.88 bits per heavy atom. The maximum absolute atomic E-state index is 11.9. The summed E-state index contributed by atoms with van der Waals surface area (Å²) >= 11 is 0. The normalized spacial score (nSPS) is 11.1. The molecule has 0 fully saturated rings. The van der Waals surface area contributed by atoms with Crippen molar-refractivity contribution in [1.29, 1.82) is 0 Å². The van der Waals surface area contributed by atoms with Crippen LogP contribution in [0.4, 0.5) is 0 Å². The summed E-state index contributed by atoms with van der Waals surface area (Å²) in [5, 5.41) is 4.57. The fourth-order valence-electron chi connectivity index (χ4n) is 1.30. The highest BCUT2D eigenvalue weighted by Gasteiger charge is 2.00. The van der Waals surface area contributed by atoms with Gasteiger partial charge in [0.25, 0.3) is 5.56 Å². The molecule has 0 bridgehead atoms. The summed E-state index contributed by atoms with van der Waals surface area (Å²) in [6.45, 7) is 0. The van der Waals surface area contributed by atoms with Gasteiger partial charge >= 0.3 is 0 Å². The Bertz CT molecular complexity index is 586. The van der Waals surface area contributed by atoms with E-state index < -0.39 is 0 Å². The van der Waals surface area contributed by atoms with Crippen molar-refractivity contribution < 1.29 is 0 Å². The number of hydrogen-bond donors (Lipinski definition) is 0. The first-order valence-electron chi connectivity index (χ1n) is 4.86. The number of nitrogens with zero attached hydrogens (tertiary/aromatic N) is 4. The van der Waals surface area contributed by atoms with E-state index in [0.717, 1.165) is 0 Å². The minimum absolute atomic E-state index is 0.163. The van der Waals surface area contributed by atoms with Crippen LogP contribution in [0.5, 0.6) is 0 Å². The van der Waals surface area contributed by atoms with Crippen molar-refractivity contribution in [2.45, 2.75) is 0 Å². The molecule has 0 amide bonds. The molecule has 0 spiro atoms. The van der Waals surface area contributed by atoms with E-state index in [1.54, 1.807) is 23.4 Å². The van der Waals surface area contributed by atoms with Gasteiger partial charge in [-0.05, 0) is 12.1 Å². The summed E-state index contributed by atoms with van der Waals surface area (Å²) in [6.07, 6.45) is 2.97. The first-order chi connectivity index (χ1) is 7.68. The van der Waals surface area contributed by atoms with Crippen molar-refractivity contribution >= 4 is 17.2 Å². The molecule has 0 aliphatic carbocycles. The third-order valence-electron chi connectivity index (χ3n) is 2.06. The van der Waals surface area contributed by atoms with Crippen LogP contribution in [-0.2, 0) is 0 Å². The molecule has 0 atom stereocenters. The number of rotatable bonds is 2. The van der Waals surface area contributed by atoms with Crippen LogP contribution < -0.4 is 5.56 Å². The number of aromatic nitrogens is 2. The molecule has 0 aliphatic heterocycles. The summed E-state index contributed by atoms with van der Waals surface area (Å²) < 4.78 is 1.22. The van der Waals surface area contributed by atoms with E-state index in [1.807, 2.05) is 26.2 Å². The molecule has 82 valence electrons. The molecule has 1 aromatic heterocycles. The smallest absolute Gasteiger partial charge is 0.281 e. The van der Waals surface area contributed by atoms with Crippen molar-refractivity contribution in [3.8, 4) is 0 Å². The zero-order chi connectivity index (χ0) is 11.5. The fraction of sp³-hybridized carbons (Fsp3) is 0.182. The van der Waals surface area contributed by atoms with E-state index in [9.17, 15) is 4.79 Å². The summed E-state index contributed by atoms with van der Waals surface area (Å²) in [7, 11) is 3.67. The summed E-state index contributed by atoms with van der Waals surface area (Å²) in [5.74, 6) is 0. The monoisotopic (exact) mass is 216 g/mol.